The predicted octanol–water partition coefficient (Wildman–Crippen LogP) is 1.09. The molecule has 2 heterocycles. The van der Waals surface area contributed by atoms with Crippen molar-refractivity contribution < 1.29 is 30.3 Å². The molecule has 7 heteroatoms. The highest BCUT2D eigenvalue weighted by molar-refractivity contribution is 5.84. The van der Waals surface area contributed by atoms with Crippen molar-refractivity contribution in [1.82, 2.24) is 4.57 Å². The van der Waals surface area contributed by atoms with E-state index in [1.165, 1.54) is 5.56 Å². The molecule has 1 aromatic heterocycles. The van der Waals surface area contributed by atoms with Gasteiger partial charge in [0.1, 0.15) is 24.4 Å². The van der Waals surface area contributed by atoms with E-state index < -0.39 is 36.9 Å². The lowest BCUT2D eigenvalue weighted by Crippen LogP contribution is -2.58. The van der Waals surface area contributed by atoms with E-state index in [1.54, 1.807) is 4.57 Å². The van der Waals surface area contributed by atoms with Crippen molar-refractivity contribution in [1.29, 1.82) is 0 Å². The molecular formula is C23H27NO6. The number of aryl methyl sites for hydroxylation is 1. The van der Waals surface area contributed by atoms with E-state index in [4.69, 9.17) is 4.74 Å². The fourth-order valence-corrected chi connectivity index (χ4v) is 4.11. The highest BCUT2D eigenvalue weighted by Crippen LogP contribution is 2.34. The van der Waals surface area contributed by atoms with E-state index in [9.17, 15) is 25.5 Å². The Labute approximate surface area is 174 Å². The first kappa shape index (κ1) is 21.0. The van der Waals surface area contributed by atoms with Crippen LogP contribution in [0.25, 0.3) is 10.9 Å². The molecule has 2 aromatic carbocycles. The Kier molecular flexibility index (Phi) is 5.92. The van der Waals surface area contributed by atoms with Crippen LogP contribution >= 0.6 is 0 Å². The van der Waals surface area contributed by atoms with Gasteiger partial charge >= 0.3 is 0 Å². The number of hydrogen-bond acceptors (Lipinski definition) is 6. The van der Waals surface area contributed by atoms with Gasteiger partial charge in [0.2, 0.25) is 0 Å². The average Bonchev–Trinajstić information content (AvgIpc) is 3.11. The second-order valence-corrected chi connectivity index (χ2v) is 7.80. The number of nitrogens with zero attached hydrogens (tertiary/aromatic N) is 1. The summed E-state index contributed by atoms with van der Waals surface area (Å²) in [5.41, 5.74) is 4.18. The molecule has 0 aliphatic carbocycles. The number of aromatic nitrogens is 1. The number of fused-ring (bicyclic) bond motifs is 1. The molecule has 5 atom stereocenters. The Balaban J connectivity index is 1.72. The normalized spacial score (nSPS) is 27.1. The van der Waals surface area contributed by atoms with E-state index in [0.717, 1.165) is 28.5 Å². The summed E-state index contributed by atoms with van der Waals surface area (Å²) in [6.07, 6.45) is -5.68. The Morgan fingerprint density at radius 1 is 0.900 bits per heavy atom. The standard InChI is InChI=1S/C23H27NO6/c1-2-13-7-9-14(10-8-13)11-15-12-24(17-6-4-3-5-16(15)17)22-20(27)18(25)19(26)21(30-22)23(28)29/h3-10,12,18-23,25-29H,2,11H2,1H3/t18-,19-,20+,21?,22?/m0/s1. The summed E-state index contributed by atoms with van der Waals surface area (Å²) in [4.78, 5) is 0. The fourth-order valence-electron chi connectivity index (χ4n) is 4.11. The van der Waals surface area contributed by atoms with Gasteiger partial charge in [0.15, 0.2) is 12.5 Å². The van der Waals surface area contributed by atoms with Gasteiger partial charge in [0, 0.05) is 11.6 Å². The van der Waals surface area contributed by atoms with Crippen LogP contribution in [0.1, 0.15) is 29.8 Å². The van der Waals surface area contributed by atoms with Crippen LogP contribution in [0.15, 0.2) is 54.7 Å². The van der Waals surface area contributed by atoms with Crippen LogP contribution in [0.2, 0.25) is 0 Å². The summed E-state index contributed by atoms with van der Waals surface area (Å²) in [5, 5.41) is 50.9. The molecule has 0 bridgehead atoms. The average molecular weight is 413 g/mol. The SMILES string of the molecule is CCc1ccc(Cc2cn(C3OC(C(O)O)[C@@H](O)[C@H](O)[C@H]3O)c3ccccc23)cc1. The number of aliphatic hydroxyl groups is 5. The first-order chi connectivity index (χ1) is 14.4. The van der Waals surface area contributed by atoms with Gasteiger partial charge in [-0.2, -0.15) is 0 Å². The number of benzene rings is 2. The summed E-state index contributed by atoms with van der Waals surface area (Å²) in [6.45, 7) is 2.11. The lowest BCUT2D eigenvalue weighted by atomic mass is 9.97. The largest absolute Gasteiger partial charge is 0.387 e. The molecule has 1 aliphatic heterocycles. The highest BCUT2D eigenvalue weighted by atomic mass is 16.6. The third-order valence-electron chi connectivity index (χ3n) is 5.84. The van der Waals surface area contributed by atoms with Gasteiger partial charge in [-0.15, -0.1) is 0 Å². The van der Waals surface area contributed by atoms with E-state index in [1.807, 2.05) is 30.5 Å². The summed E-state index contributed by atoms with van der Waals surface area (Å²) >= 11 is 0. The monoisotopic (exact) mass is 413 g/mol. The first-order valence-electron chi connectivity index (χ1n) is 10.1. The van der Waals surface area contributed by atoms with Crippen LogP contribution in [0.3, 0.4) is 0 Å². The second kappa shape index (κ2) is 8.47. The van der Waals surface area contributed by atoms with E-state index >= 15 is 0 Å². The van der Waals surface area contributed by atoms with Crippen molar-refractivity contribution in [3.63, 3.8) is 0 Å². The molecular weight excluding hydrogens is 386 g/mol. The first-order valence-corrected chi connectivity index (χ1v) is 10.1. The van der Waals surface area contributed by atoms with Crippen molar-refractivity contribution in [3.05, 3.63) is 71.4 Å². The predicted molar refractivity (Wildman–Crippen MR) is 111 cm³/mol. The lowest BCUT2D eigenvalue weighted by molar-refractivity contribution is -0.289. The molecule has 4 rings (SSSR count). The van der Waals surface area contributed by atoms with Gasteiger partial charge in [-0.05, 0) is 35.6 Å². The van der Waals surface area contributed by atoms with Gasteiger partial charge in [0.25, 0.3) is 0 Å². The van der Waals surface area contributed by atoms with Gasteiger partial charge in [-0.3, -0.25) is 0 Å². The highest BCUT2D eigenvalue weighted by Gasteiger charge is 2.47. The molecule has 160 valence electrons. The van der Waals surface area contributed by atoms with Crippen LogP contribution in [0.4, 0.5) is 0 Å². The van der Waals surface area contributed by atoms with Gasteiger partial charge in [0.05, 0.1) is 5.52 Å². The minimum Gasteiger partial charge on any atom is -0.387 e. The van der Waals surface area contributed by atoms with Crippen molar-refractivity contribution >= 4 is 10.9 Å². The van der Waals surface area contributed by atoms with Crippen molar-refractivity contribution in [2.24, 2.45) is 0 Å². The molecule has 0 saturated carbocycles. The Hall–Kier alpha value is -2.26. The molecule has 30 heavy (non-hydrogen) atoms. The van der Waals surface area contributed by atoms with Crippen LogP contribution in [0.5, 0.6) is 0 Å². The number of hydrogen-bond donors (Lipinski definition) is 5. The molecule has 0 radical (unpaired) electrons. The topological polar surface area (TPSA) is 115 Å². The van der Waals surface area contributed by atoms with Crippen LogP contribution in [-0.4, -0.2) is 60.8 Å². The van der Waals surface area contributed by atoms with Gasteiger partial charge < -0.3 is 34.8 Å². The van der Waals surface area contributed by atoms with E-state index in [-0.39, 0.29) is 0 Å². The Bertz CT molecular complexity index is 999. The molecule has 1 aliphatic rings. The molecule has 2 unspecified atom stereocenters. The summed E-state index contributed by atoms with van der Waals surface area (Å²) in [7, 11) is 0. The zero-order chi connectivity index (χ0) is 21.4. The maximum atomic E-state index is 10.6. The van der Waals surface area contributed by atoms with E-state index in [0.29, 0.717) is 6.42 Å². The number of para-hydroxylation sites is 1. The summed E-state index contributed by atoms with van der Waals surface area (Å²) in [5.74, 6) is 0. The van der Waals surface area contributed by atoms with Crippen molar-refractivity contribution in [2.75, 3.05) is 0 Å². The molecule has 7 nitrogen and oxygen atoms in total. The summed E-state index contributed by atoms with van der Waals surface area (Å²) in [6, 6.07) is 16.0. The molecule has 0 spiro atoms. The van der Waals surface area contributed by atoms with Crippen LogP contribution < -0.4 is 0 Å². The second-order valence-electron chi connectivity index (χ2n) is 7.80. The van der Waals surface area contributed by atoms with Crippen LogP contribution in [-0.2, 0) is 17.6 Å². The third kappa shape index (κ3) is 3.76. The molecule has 1 saturated heterocycles. The molecule has 3 aromatic rings. The van der Waals surface area contributed by atoms with Gasteiger partial charge in [-0.1, -0.05) is 49.4 Å². The number of aliphatic hydroxyl groups excluding tert-OH is 4. The van der Waals surface area contributed by atoms with Crippen molar-refractivity contribution in [2.45, 2.75) is 56.7 Å². The smallest absolute Gasteiger partial charge is 0.181 e. The van der Waals surface area contributed by atoms with E-state index in [2.05, 4.69) is 31.2 Å². The zero-order valence-electron chi connectivity index (χ0n) is 16.7. The quantitative estimate of drug-likeness (QED) is 0.400. The maximum Gasteiger partial charge on any atom is 0.181 e. The Morgan fingerprint density at radius 2 is 1.57 bits per heavy atom. The third-order valence-corrected chi connectivity index (χ3v) is 5.84. The molecule has 1 fully saturated rings. The number of ether oxygens (including phenoxy) is 1. The molecule has 0 amide bonds. The minimum absolute atomic E-state index is 0.664. The number of rotatable bonds is 5. The lowest BCUT2D eigenvalue weighted by Gasteiger charge is -2.41. The van der Waals surface area contributed by atoms with Crippen LogP contribution in [0, 0.1) is 0 Å². The fraction of sp³-hybridized carbons (Fsp3) is 0.391. The molecule has 5 N–H and O–H groups in total. The van der Waals surface area contributed by atoms with Gasteiger partial charge in [-0.25, -0.2) is 0 Å². The Morgan fingerprint density at radius 3 is 2.23 bits per heavy atom. The van der Waals surface area contributed by atoms with Crippen molar-refractivity contribution in [3.8, 4) is 0 Å². The zero-order valence-corrected chi connectivity index (χ0v) is 16.7. The minimum atomic E-state index is -2.00. The maximum absolute atomic E-state index is 10.6. The summed E-state index contributed by atoms with van der Waals surface area (Å²) < 4.78 is 7.31.